The number of H-pyrrole nitrogens is 1. The minimum Gasteiger partial charge on any atom is -0.372 e. The van der Waals surface area contributed by atoms with Crippen LogP contribution in [0.15, 0.2) is 14.0 Å². The lowest BCUT2D eigenvalue weighted by atomic mass is 10.4. The molecule has 1 N–H and O–H groups in total. The molecule has 0 radical (unpaired) electrons. The van der Waals surface area contributed by atoms with Gasteiger partial charge in [-0.05, 0) is 13.0 Å². The van der Waals surface area contributed by atoms with Crippen molar-refractivity contribution in [3.05, 3.63) is 31.5 Å². The summed E-state index contributed by atoms with van der Waals surface area (Å²) >= 11 is 4.57. The van der Waals surface area contributed by atoms with E-state index in [-0.39, 0.29) is 5.22 Å². The van der Waals surface area contributed by atoms with E-state index in [1.807, 2.05) is 0 Å². The van der Waals surface area contributed by atoms with Crippen molar-refractivity contribution in [1.29, 1.82) is 0 Å². The molecule has 0 amide bonds. The number of aromatic amines is 1. The van der Waals surface area contributed by atoms with Crippen LogP contribution in [0, 0.1) is 0 Å². The fourth-order valence-corrected chi connectivity index (χ4v) is 1.04. The standard InChI is InChI=1S/C8H7NO3S/c1-2-6-5(3-4-13)7(10)12-8(11)9-6/h2-4H,1H3,(H,9,11)/b5-3+,6-2+. The first-order valence-electron chi connectivity index (χ1n) is 3.54. The minimum atomic E-state index is -0.764. The lowest BCUT2D eigenvalue weighted by Gasteiger charge is -1.85. The summed E-state index contributed by atoms with van der Waals surface area (Å²) in [6, 6.07) is 0. The van der Waals surface area contributed by atoms with Gasteiger partial charge in [-0.1, -0.05) is 18.3 Å². The van der Waals surface area contributed by atoms with Gasteiger partial charge in [0.2, 0.25) is 0 Å². The maximum Gasteiger partial charge on any atom is 0.419 e. The van der Waals surface area contributed by atoms with E-state index in [0.717, 1.165) is 0 Å². The second kappa shape index (κ2) is 3.95. The van der Waals surface area contributed by atoms with Gasteiger partial charge >= 0.3 is 11.4 Å². The van der Waals surface area contributed by atoms with E-state index in [1.54, 1.807) is 13.0 Å². The molecule has 0 saturated heterocycles. The number of hydrogen-bond acceptors (Lipinski definition) is 4. The molecule has 13 heavy (non-hydrogen) atoms. The third-order valence-electron chi connectivity index (χ3n) is 1.46. The zero-order chi connectivity index (χ0) is 9.84. The van der Waals surface area contributed by atoms with E-state index in [0.29, 0.717) is 5.35 Å². The Morgan fingerprint density at radius 2 is 2.15 bits per heavy atom. The van der Waals surface area contributed by atoms with E-state index in [4.69, 9.17) is 0 Å². The minimum absolute atomic E-state index is 0.261. The highest BCUT2D eigenvalue weighted by Crippen LogP contribution is 1.55. The van der Waals surface area contributed by atoms with Crippen LogP contribution in [0.25, 0.3) is 12.2 Å². The number of thiocarbonyl (C=S) groups is 1. The number of hydrogen-bond donors (Lipinski definition) is 1. The van der Waals surface area contributed by atoms with Gasteiger partial charge in [-0.15, -0.1) is 0 Å². The number of rotatable bonds is 1. The fourth-order valence-electron chi connectivity index (χ4n) is 0.905. The topological polar surface area (TPSA) is 63.1 Å². The Bertz CT molecular complexity index is 538. The third kappa shape index (κ3) is 2.00. The van der Waals surface area contributed by atoms with Crippen molar-refractivity contribution in [3.8, 4) is 0 Å². The summed E-state index contributed by atoms with van der Waals surface area (Å²) in [5, 5.41) is 1.97. The van der Waals surface area contributed by atoms with Crippen LogP contribution in [0.4, 0.5) is 0 Å². The molecule has 0 aliphatic carbocycles. The summed E-state index contributed by atoms with van der Waals surface area (Å²) < 4.78 is 4.32. The Morgan fingerprint density at radius 3 is 2.69 bits per heavy atom. The third-order valence-corrected chi connectivity index (χ3v) is 1.59. The van der Waals surface area contributed by atoms with Crippen LogP contribution in [-0.2, 0) is 0 Å². The van der Waals surface area contributed by atoms with Crippen LogP contribution in [0.3, 0.4) is 0 Å². The maximum absolute atomic E-state index is 11.1. The Hall–Kier alpha value is -1.49. The molecule has 0 spiro atoms. The lowest BCUT2D eigenvalue weighted by molar-refractivity contribution is 0.440. The molecule has 0 aliphatic heterocycles. The van der Waals surface area contributed by atoms with Crippen molar-refractivity contribution in [2.24, 2.45) is 0 Å². The first kappa shape index (κ1) is 9.60. The van der Waals surface area contributed by atoms with Crippen LogP contribution in [-0.4, -0.2) is 10.4 Å². The molecule has 68 valence electrons. The van der Waals surface area contributed by atoms with Crippen molar-refractivity contribution in [2.45, 2.75) is 6.92 Å². The van der Waals surface area contributed by atoms with Crippen molar-refractivity contribution in [3.63, 3.8) is 0 Å². The Kier molecular flexibility index (Phi) is 2.92. The summed E-state index contributed by atoms with van der Waals surface area (Å²) in [5.41, 5.74) is -0.682. The quantitative estimate of drug-likeness (QED) is 0.581. The van der Waals surface area contributed by atoms with Gasteiger partial charge in [0.25, 0.3) is 0 Å². The van der Waals surface area contributed by atoms with Crippen LogP contribution >= 0.6 is 12.2 Å². The molecule has 0 unspecified atom stereocenters. The molecule has 0 bridgehead atoms. The molecule has 1 heterocycles. The largest absolute Gasteiger partial charge is 0.419 e. The fraction of sp³-hybridized carbons (Fsp3) is 0.125. The molecule has 0 fully saturated rings. The Morgan fingerprint density at radius 1 is 1.46 bits per heavy atom. The average molecular weight is 197 g/mol. The molecule has 0 saturated carbocycles. The Labute approximate surface area is 78.2 Å². The zero-order valence-electron chi connectivity index (χ0n) is 6.87. The second-order valence-corrected chi connectivity index (χ2v) is 2.49. The molecular formula is C8H7NO3S. The van der Waals surface area contributed by atoms with Crippen molar-refractivity contribution in [1.82, 2.24) is 4.98 Å². The van der Waals surface area contributed by atoms with Crippen LogP contribution in [0.5, 0.6) is 0 Å². The first-order valence-corrected chi connectivity index (χ1v) is 4.01. The maximum atomic E-state index is 11.1. The normalized spacial score (nSPS) is 13.3. The van der Waals surface area contributed by atoms with Gasteiger partial charge in [-0.25, -0.2) is 9.59 Å². The van der Waals surface area contributed by atoms with E-state index in [1.165, 1.54) is 11.4 Å². The van der Waals surface area contributed by atoms with Crippen molar-refractivity contribution >= 4 is 29.7 Å². The summed E-state index contributed by atoms with van der Waals surface area (Å²) in [6.07, 6.45) is 3.01. The lowest BCUT2D eigenvalue weighted by Crippen LogP contribution is -2.45. The molecular weight excluding hydrogens is 190 g/mol. The van der Waals surface area contributed by atoms with Gasteiger partial charge in [0.05, 0.1) is 10.6 Å². The highest BCUT2D eigenvalue weighted by molar-refractivity contribution is 7.79. The number of aromatic nitrogens is 1. The molecule has 0 atom stereocenters. The van der Waals surface area contributed by atoms with Crippen LogP contribution in [0.1, 0.15) is 6.92 Å². The smallest absolute Gasteiger partial charge is 0.372 e. The second-order valence-electron chi connectivity index (χ2n) is 2.22. The SMILES string of the molecule is C/C=c1/[nH]c(=O)oc(=O)/c1=C/C=S. The predicted molar refractivity (Wildman–Crippen MR) is 53.1 cm³/mol. The van der Waals surface area contributed by atoms with Gasteiger partial charge in [-0.2, -0.15) is 0 Å². The van der Waals surface area contributed by atoms with E-state index in [9.17, 15) is 9.59 Å². The predicted octanol–water partition coefficient (Wildman–Crippen LogP) is -1.09. The first-order chi connectivity index (χ1) is 6.19. The van der Waals surface area contributed by atoms with Gasteiger partial charge in [0.1, 0.15) is 0 Å². The zero-order valence-corrected chi connectivity index (χ0v) is 7.68. The van der Waals surface area contributed by atoms with Gasteiger partial charge in [0.15, 0.2) is 0 Å². The van der Waals surface area contributed by atoms with E-state index < -0.39 is 11.4 Å². The summed E-state index contributed by atoms with van der Waals surface area (Å²) in [4.78, 5) is 24.2. The molecule has 1 aromatic rings. The van der Waals surface area contributed by atoms with Crippen molar-refractivity contribution < 1.29 is 4.42 Å². The average Bonchev–Trinajstić information content (AvgIpc) is 2.09. The molecule has 1 rings (SSSR count). The molecule has 4 nitrogen and oxygen atoms in total. The monoisotopic (exact) mass is 197 g/mol. The van der Waals surface area contributed by atoms with Crippen LogP contribution in [0.2, 0.25) is 0 Å². The number of nitrogens with one attached hydrogen (secondary N) is 1. The molecule has 0 aliphatic rings. The summed E-state index contributed by atoms with van der Waals surface area (Å²) in [6.45, 7) is 1.70. The molecule has 5 heteroatoms. The van der Waals surface area contributed by atoms with Crippen LogP contribution < -0.4 is 21.9 Å². The van der Waals surface area contributed by atoms with E-state index in [2.05, 4.69) is 21.6 Å². The summed E-state index contributed by atoms with van der Waals surface area (Å²) in [7, 11) is 0. The van der Waals surface area contributed by atoms with Crippen molar-refractivity contribution in [2.75, 3.05) is 0 Å². The van der Waals surface area contributed by atoms with Gasteiger partial charge in [-0.3, -0.25) is 4.98 Å². The Balaban J connectivity index is 3.91. The van der Waals surface area contributed by atoms with E-state index >= 15 is 0 Å². The summed E-state index contributed by atoms with van der Waals surface area (Å²) in [5.74, 6) is -0.764. The molecule has 1 aromatic heterocycles. The van der Waals surface area contributed by atoms with Gasteiger partial charge < -0.3 is 4.42 Å². The molecule has 0 aromatic carbocycles. The van der Waals surface area contributed by atoms with Gasteiger partial charge in [0, 0.05) is 5.37 Å². The highest BCUT2D eigenvalue weighted by Gasteiger charge is 1.94. The highest BCUT2D eigenvalue weighted by atomic mass is 32.1.